The lowest BCUT2D eigenvalue weighted by Crippen LogP contribution is -2.34. The Balaban J connectivity index is 1.50. The van der Waals surface area contributed by atoms with Crippen LogP contribution >= 0.6 is 0 Å². The second-order valence-corrected chi connectivity index (χ2v) is 5.28. The lowest BCUT2D eigenvalue weighted by molar-refractivity contribution is -0.121. The minimum absolute atomic E-state index is 0.194. The molecule has 0 heterocycles. The zero-order valence-electron chi connectivity index (χ0n) is 11.5. The number of hydrogen-bond acceptors (Lipinski definition) is 2. The number of amides is 1. The van der Waals surface area contributed by atoms with Crippen molar-refractivity contribution in [1.29, 1.82) is 0 Å². The predicted octanol–water partition coefficient (Wildman–Crippen LogP) is 2.27. The van der Waals surface area contributed by atoms with Crippen LogP contribution < -0.4 is 10.6 Å². The van der Waals surface area contributed by atoms with Crippen molar-refractivity contribution in [3.63, 3.8) is 0 Å². The summed E-state index contributed by atoms with van der Waals surface area (Å²) >= 11 is 0. The Morgan fingerprint density at radius 1 is 1.11 bits per heavy atom. The van der Waals surface area contributed by atoms with E-state index in [0.29, 0.717) is 12.5 Å². The van der Waals surface area contributed by atoms with Crippen molar-refractivity contribution in [1.82, 2.24) is 10.6 Å². The molecule has 1 aliphatic rings. The molecule has 2 rings (SSSR count). The van der Waals surface area contributed by atoms with Gasteiger partial charge in [-0.3, -0.25) is 4.79 Å². The summed E-state index contributed by atoms with van der Waals surface area (Å²) in [4.78, 5) is 11.7. The Kier molecular flexibility index (Phi) is 5.89. The molecule has 0 aliphatic heterocycles. The van der Waals surface area contributed by atoms with Crippen molar-refractivity contribution in [2.24, 2.45) is 0 Å². The van der Waals surface area contributed by atoms with Crippen LogP contribution in [0.15, 0.2) is 30.3 Å². The highest BCUT2D eigenvalue weighted by molar-refractivity contribution is 5.76. The first-order valence-corrected chi connectivity index (χ1v) is 7.38. The van der Waals surface area contributed by atoms with Gasteiger partial charge >= 0.3 is 0 Å². The molecule has 2 N–H and O–H groups in total. The third-order valence-corrected chi connectivity index (χ3v) is 3.68. The average molecular weight is 260 g/mol. The standard InChI is InChI=1S/C16H24N2O/c19-16(18-15-8-4-5-9-15)11-13-17-12-10-14-6-2-1-3-7-14/h1-3,6-7,15,17H,4-5,8-13H2,(H,18,19). The fraction of sp³-hybridized carbons (Fsp3) is 0.562. The summed E-state index contributed by atoms with van der Waals surface area (Å²) in [6, 6.07) is 10.9. The van der Waals surface area contributed by atoms with E-state index in [9.17, 15) is 4.79 Å². The third-order valence-electron chi connectivity index (χ3n) is 3.68. The van der Waals surface area contributed by atoms with Crippen molar-refractivity contribution < 1.29 is 4.79 Å². The Morgan fingerprint density at radius 3 is 2.58 bits per heavy atom. The molecule has 3 nitrogen and oxygen atoms in total. The largest absolute Gasteiger partial charge is 0.353 e. The van der Waals surface area contributed by atoms with Crippen molar-refractivity contribution in [2.45, 2.75) is 44.6 Å². The Labute approximate surface area is 115 Å². The van der Waals surface area contributed by atoms with Crippen molar-refractivity contribution in [2.75, 3.05) is 13.1 Å². The van der Waals surface area contributed by atoms with E-state index in [1.807, 2.05) is 6.07 Å². The summed E-state index contributed by atoms with van der Waals surface area (Å²) < 4.78 is 0. The van der Waals surface area contributed by atoms with Crippen molar-refractivity contribution in [3.05, 3.63) is 35.9 Å². The van der Waals surface area contributed by atoms with Crippen LogP contribution in [0.5, 0.6) is 0 Å². The number of hydrogen-bond donors (Lipinski definition) is 2. The fourth-order valence-corrected chi connectivity index (χ4v) is 2.57. The van der Waals surface area contributed by atoms with Crippen LogP contribution in [0.4, 0.5) is 0 Å². The molecule has 19 heavy (non-hydrogen) atoms. The van der Waals surface area contributed by atoms with E-state index in [0.717, 1.165) is 32.4 Å². The molecule has 0 bridgehead atoms. The van der Waals surface area contributed by atoms with Gasteiger partial charge in [-0.25, -0.2) is 0 Å². The maximum atomic E-state index is 11.7. The van der Waals surface area contributed by atoms with E-state index in [-0.39, 0.29) is 5.91 Å². The molecule has 104 valence electrons. The molecule has 0 aromatic heterocycles. The third kappa shape index (κ3) is 5.43. The topological polar surface area (TPSA) is 41.1 Å². The first-order chi connectivity index (χ1) is 9.34. The smallest absolute Gasteiger partial charge is 0.221 e. The molecule has 1 saturated carbocycles. The van der Waals surface area contributed by atoms with Crippen LogP contribution in [0.2, 0.25) is 0 Å². The molecule has 1 amide bonds. The van der Waals surface area contributed by atoms with E-state index in [2.05, 4.69) is 34.9 Å². The molecule has 0 unspecified atom stereocenters. The zero-order valence-corrected chi connectivity index (χ0v) is 11.5. The van der Waals surface area contributed by atoms with Gasteiger partial charge in [-0.2, -0.15) is 0 Å². The van der Waals surface area contributed by atoms with Gasteiger partial charge in [0.25, 0.3) is 0 Å². The molecule has 1 aromatic rings. The zero-order chi connectivity index (χ0) is 13.3. The number of benzene rings is 1. The van der Waals surface area contributed by atoms with Gasteiger partial charge in [0.05, 0.1) is 0 Å². The molecule has 3 heteroatoms. The van der Waals surface area contributed by atoms with E-state index in [4.69, 9.17) is 0 Å². The summed E-state index contributed by atoms with van der Waals surface area (Å²) in [5.74, 6) is 0.194. The van der Waals surface area contributed by atoms with Gasteiger partial charge in [0.15, 0.2) is 0 Å². The SMILES string of the molecule is O=C(CCNCCc1ccccc1)NC1CCCC1. The number of rotatable bonds is 7. The monoisotopic (exact) mass is 260 g/mol. The van der Waals surface area contributed by atoms with E-state index >= 15 is 0 Å². The average Bonchev–Trinajstić information content (AvgIpc) is 2.92. The van der Waals surface area contributed by atoms with Crippen LogP contribution in [0.3, 0.4) is 0 Å². The lowest BCUT2D eigenvalue weighted by atomic mass is 10.1. The molecular formula is C16H24N2O. The molecule has 1 aliphatic carbocycles. The highest BCUT2D eigenvalue weighted by Gasteiger charge is 2.16. The van der Waals surface area contributed by atoms with Gasteiger partial charge in [0, 0.05) is 19.0 Å². The number of nitrogens with one attached hydrogen (secondary N) is 2. The van der Waals surface area contributed by atoms with E-state index in [1.54, 1.807) is 0 Å². The predicted molar refractivity (Wildman–Crippen MR) is 78.0 cm³/mol. The minimum Gasteiger partial charge on any atom is -0.353 e. The maximum Gasteiger partial charge on any atom is 0.221 e. The Morgan fingerprint density at radius 2 is 1.84 bits per heavy atom. The Bertz CT molecular complexity index is 372. The maximum absolute atomic E-state index is 11.7. The quantitative estimate of drug-likeness (QED) is 0.738. The summed E-state index contributed by atoms with van der Waals surface area (Å²) in [6.45, 7) is 1.70. The summed E-state index contributed by atoms with van der Waals surface area (Å²) in [7, 11) is 0. The molecule has 0 atom stereocenters. The van der Waals surface area contributed by atoms with E-state index in [1.165, 1.54) is 18.4 Å². The number of carbonyl (C=O) groups excluding carboxylic acids is 1. The minimum atomic E-state index is 0.194. The Hall–Kier alpha value is -1.35. The van der Waals surface area contributed by atoms with Crippen molar-refractivity contribution in [3.8, 4) is 0 Å². The first kappa shape index (κ1) is 14.1. The van der Waals surface area contributed by atoms with Gasteiger partial charge in [0.1, 0.15) is 0 Å². The summed E-state index contributed by atoms with van der Waals surface area (Å²) in [5.41, 5.74) is 1.34. The van der Waals surface area contributed by atoms with E-state index < -0.39 is 0 Å². The van der Waals surface area contributed by atoms with Gasteiger partial charge in [-0.05, 0) is 31.4 Å². The van der Waals surface area contributed by atoms with Crippen LogP contribution in [-0.2, 0) is 11.2 Å². The molecule has 1 aromatic carbocycles. The van der Waals surface area contributed by atoms with Gasteiger partial charge in [-0.1, -0.05) is 43.2 Å². The second kappa shape index (κ2) is 7.95. The van der Waals surface area contributed by atoms with Crippen molar-refractivity contribution >= 4 is 5.91 Å². The first-order valence-electron chi connectivity index (χ1n) is 7.38. The lowest BCUT2D eigenvalue weighted by Gasteiger charge is -2.12. The fourth-order valence-electron chi connectivity index (χ4n) is 2.57. The highest BCUT2D eigenvalue weighted by atomic mass is 16.1. The van der Waals surface area contributed by atoms with Crippen LogP contribution in [0, 0.1) is 0 Å². The molecular weight excluding hydrogens is 236 g/mol. The summed E-state index contributed by atoms with van der Waals surface area (Å²) in [5, 5.41) is 6.44. The van der Waals surface area contributed by atoms with Gasteiger partial charge in [0.2, 0.25) is 5.91 Å². The van der Waals surface area contributed by atoms with Gasteiger partial charge in [-0.15, -0.1) is 0 Å². The molecule has 0 spiro atoms. The van der Waals surface area contributed by atoms with Crippen LogP contribution in [-0.4, -0.2) is 25.0 Å². The highest BCUT2D eigenvalue weighted by Crippen LogP contribution is 2.17. The second-order valence-electron chi connectivity index (χ2n) is 5.28. The van der Waals surface area contributed by atoms with Crippen LogP contribution in [0.1, 0.15) is 37.7 Å². The number of carbonyl (C=O) groups is 1. The molecule has 0 saturated heterocycles. The molecule has 0 radical (unpaired) electrons. The summed E-state index contributed by atoms with van der Waals surface area (Å²) in [6.07, 6.45) is 6.46. The van der Waals surface area contributed by atoms with Crippen LogP contribution in [0.25, 0.3) is 0 Å². The van der Waals surface area contributed by atoms with Gasteiger partial charge < -0.3 is 10.6 Å². The normalized spacial score (nSPS) is 15.6. The molecule has 1 fully saturated rings.